The summed E-state index contributed by atoms with van der Waals surface area (Å²) in [7, 11) is -0.388. The maximum atomic E-state index is 11.7. The molecule has 0 spiro atoms. The molecule has 0 aliphatic heterocycles. The van der Waals surface area contributed by atoms with Gasteiger partial charge >= 0.3 is 0 Å². The molecule has 0 aliphatic carbocycles. The first kappa shape index (κ1) is 7.36. The molecular formula is C5H12FP. The summed E-state index contributed by atoms with van der Waals surface area (Å²) in [5, 5.41) is 0. The minimum Gasteiger partial charge on any atom is -0.230 e. The Balaban J connectivity index is 3.14. The zero-order valence-electron chi connectivity index (χ0n) is 5.03. The summed E-state index contributed by atoms with van der Waals surface area (Å²) in [6, 6.07) is 0. The third-order valence-electron chi connectivity index (χ3n) is 1.17. The van der Waals surface area contributed by atoms with Gasteiger partial charge in [0.1, 0.15) is 0 Å². The van der Waals surface area contributed by atoms with Crippen molar-refractivity contribution in [3.8, 4) is 0 Å². The van der Waals surface area contributed by atoms with Crippen LogP contribution >= 0.6 is 8.89 Å². The van der Waals surface area contributed by atoms with Crippen LogP contribution in [-0.4, -0.2) is 5.66 Å². The van der Waals surface area contributed by atoms with E-state index in [4.69, 9.17) is 0 Å². The van der Waals surface area contributed by atoms with Gasteiger partial charge in [-0.2, -0.15) is 0 Å². The molecule has 0 radical (unpaired) electrons. The van der Waals surface area contributed by atoms with Crippen molar-refractivity contribution in [2.75, 3.05) is 0 Å². The van der Waals surface area contributed by atoms with Crippen molar-refractivity contribution in [3.05, 3.63) is 0 Å². The molecule has 0 nitrogen and oxygen atoms in total. The topological polar surface area (TPSA) is 0 Å². The van der Waals surface area contributed by atoms with Gasteiger partial charge in [-0.3, -0.25) is 0 Å². The molecule has 0 heterocycles. The van der Waals surface area contributed by atoms with E-state index in [1.807, 2.05) is 20.8 Å². The van der Waals surface area contributed by atoms with Crippen molar-refractivity contribution in [1.29, 1.82) is 0 Å². The van der Waals surface area contributed by atoms with Crippen LogP contribution in [0.4, 0.5) is 4.20 Å². The number of halogens is 1. The van der Waals surface area contributed by atoms with E-state index in [1.54, 1.807) is 0 Å². The lowest BCUT2D eigenvalue weighted by atomic mass is 10.2. The molecule has 0 saturated heterocycles. The molecule has 0 aliphatic rings. The van der Waals surface area contributed by atoms with Crippen molar-refractivity contribution in [2.24, 2.45) is 5.92 Å². The summed E-state index contributed by atoms with van der Waals surface area (Å²) in [6.07, 6.45) is 0. The largest absolute Gasteiger partial charge is 0.230 e. The van der Waals surface area contributed by atoms with Crippen molar-refractivity contribution in [1.82, 2.24) is 0 Å². The monoisotopic (exact) mass is 122 g/mol. The molecule has 0 saturated carbocycles. The fourth-order valence-corrected chi connectivity index (χ4v) is 0.378. The third kappa shape index (κ3) is 2.99. The maximum absolute atomic E-state index is 11.7. The molecule has 0 amide bonds. The van der Waals surface area contributed by atoms with E-state index < -0.39 is 0 Å². The molecule has 7 heavy (non-hydrogen) atoms. The highest BCUT2D eigenvalue weighted by Gasteiger charge is 2.04. The van der Waals surface area contributed by atoms with Gasteiger partial charge in [0.2, 0.25) is 0 Å². The van der Waals surface area contributed by atoms with Gasteiger partial charge in [0.25, 0.3) is 0 Å². The molecule has 0 aromatic rings. The molecular weight excluding hydrogens is 110 g/mol. The normalized spacial score (nSPS) is 16.7. The second-order valence-corrected chi connectivity index (χ2v) is 3.27. The van der Waals surface area contributed by atoms with Crippen LogP contribution in [0.15, 0.2) is 0 Å². The Morgan fingerprint density at radius 2 is 1.71 bits per heavy atom. The predicted octanol–water partition coefficient (Wildman–Crippen LogP) is 2.59. The third-order valence-corrected chi connectivity index (χ3v) is 2.18. The van der Waals surface area contributed by atoms with E-state index in [9.17, 15) is 4.20 Å². The average Bonchev–Trinajstić information content (AvgIpc) is 1.65. The summed E-state index contributed by atoms with van der Waals surface area (Å²) in [4.78, 5) is 0. The highest BCUT2D eigenvalue weighted by atomic mass is 31.1. The van der Waals surface area contributed by atoms with Crippen molar-refractivity contribution >= 4 is 8.89 Å². The Kier molecular flexibility index (Phi) is 3.55. The number of rotatable bonds is 2. The first-order valence-corrected chi connectivity index (χ1v) is 3.50. The van der Waals surface area contributed by atoms with E-state index in [0.717, 1.165) is 0 Å². The van der Waals surface area contributed by atoms with Crippen LogP contribution in [0.3, 0.4) is 0 Å². The highest BCUT2D eigenvalue weighted by Crippen LogP contribution is 2.25. The van der Waals surface area contributed by atoms with E-state index >= 15 is 0 Å². The molecule has 44 valence electrons. The zero-order valence-corrected chi connectivity index (χ0v) is 6.03. The molecule has 0 rings (SSSR count). The van der Waals surface area contributed by atoms with Gasteiger partial charge in [0.05, 0.1) is 8.89 Å². The second kappa shape index (κ2) is 3.37. The maximum Gasteiger partial charge on any atom is 0.0702 e. The fraction of sp³-hybridized carbons (Fsp3) is 1.00. The Morgan fingerprint density at radius 3 is 1.71 bits per heavy atom. The van der Waals surface area contributed by atoms with Gasteiger partial charge in [0, 0.05) is 5.66 Å². The first-order valence-electron chi connectivity index (χ1n) is 2.54. The summed E-state index contributed by atoms with van der Waals surface area (Å²) >= 11 is 0. The van der Waals surface area contributed by atoms with E-state index in [2.05, 4.69) is 0 Å². The Morgan fingerprint density at radius 1 is 1.29 bits per heavy atom. The standard InChI is InChI=1S/C5H12FP/c1-4(2)5(3)7-6/h4-5,7H,1-3H3. The first-order chi connectivity index (χ1) is 3.18. The number of hydrogen-bond acceptors (Lipinski definition) is 0. The van der Waals surface area contributed by atoms with Crippen LogP contribution in [0.25, 0.3) is 0 Å². The van der Waals surface area contributed by atoms with Gasteiger partial charge in [-0.05, 0) is 5.92 Å². The average molecular weight is 122 g/mol. The van der Waals surface area contributed by atoms with Gasteiger partial charge < -0.3 is 0 Å². The van der Waals surface area contributed by atoms with Crippen molar-refractivity contribution < 1.29 is 4.20 Å². The minimum atomic E-state index is -0.388. The lowest BCUT2D eigenvalue weighted by Crippen LogP contribution is -2.01. The summed E-state index contributed by atoms with van der Waals surface area (Å²) in [5.74, 6) is 0.503. The van der Waals surface area contributed by atoms with Gasteiger partial charge in [0.15, 0.2) is 0 Å². The quantitative estimate of drug-likeness (QED) is 0.494. The molecule has 2 heteroatoms. The Bertz CT molecular complexity index is 45.3. The molecule has 0 N–H and O–H groups in total. The Hall–Kier alpha value is 0.360. The molecule has 2 atom stereocenters. The molecule has 0 bridgehead atoms. The minimum absolute atomic E-state index is 0.264. The zero-order chi connectivity index (χ0) is 5.86. The molecule has 0 aromatic heterocycles. The van der Waals surface area contributed by atoms with Gasteiger partial charge in [-0.1, -0.05) is 20.8 Å². The van der Waals surface area contributed by atoms with Crippen LogP contribution in [0.5, 0.6) is 0 Å². The van der Waals surface area contributed by atoms with Crippen LogP contribution in [0, 0.1) is 5.92 Å². The fourth-order valence-electron chi connectivity index (χ4n) is 0.126. The molecule has 2 unspecified atom stereocenters. The highest BCUT2D eigenvalue weighted by molar-refractivity contribution is 7.32. The van der Waals surface area contributed by atoms with Crippen LogP contribution in [-0.2, 0) is 0 Å². The van der Waals surface area contributed by atoms with Gasteiger partial charge in [-0.25, -0.2) is 4.20 Å². The van der Waals surface area contributed by atoms with E-state index in [-0.39, 0.29) is 14.6 Å². The van der Waals surface area contributed by atoms with Gasteiger partial charge in [-0.15, -0.1) is 0 Å². The smallest absolute Gasteiger partial charge is 0.0702 e. The summed E-state index contributed by atoms with van der Waals surface area (Å²) in [6.45, 7) is 6.01. The lowest BCUT2D eigenvalue weighted by molar-refractivity contribution is 0.624. The predicted molar refractivity (Wildman–Crippen MR) is 33.7 cm³/mol. The van der Waals surface area contributed by atoms with E-state index in [0.29, 0.717) is 5.92 Å². The summed E-state index contributed by atoms with van der Waals surface area (Å²) in [5.41, 5.74) is 0.264. The number of hydrogen-bond donors (Lipinski definition) is 0. The lowest BCUT2D eigenvalue weighted by Gasteiger charge is -2.07. The van der Waals surface area contributed by atoms with Crippen molar-refractivity contribution in [2.45, 2.75) is 26.4 Å². The molecule has 0 fully saturated rings. The SMILES string of the molecule is CC(C)C(C)PF. The van der Waals surface area contributed by atoms with Crippen molar-refractivity contribution in [3.63, 3.8) is 0 Å². The van der Waals surface area contributed by atoms with Crippen LogP contribution < -0.4 is 0 Å². The second-order valence-electron chi connectivity index (χ2n) is 2.14. The summed E-state index contributed by atoms with van der Waals surface area (Å²) < 4.78 is 11.7. The molecule has 0 aromatic carbocycles. The van der Waals surface area contributed by atoms with E-state index in [1.165, 1.54) is 0 Å². The van der Waals surface area contributed by atoms with Crippen LogP contribution in [0.2, 0.25) is 0 Å². The van der Waals surface area contributed by atoms with Crippen LogP contribution in [0.1, 0.15) is 20.8 Å². The Labute approximate surface area is 46.4 Å².